The summed E-state index contributed by atoms with van der Waals surface area (Å²) in [4.78, 5) is 11.8. The van der Waals surface area contributed by atoms with Gasteiger partial charge >= 0.3 is 0 Å². The maximum Gasteiger partial charge on any atom is 0.148 e. The van der Waals surface area contributed by atoms with Crippen molar-refractivity contribution in [2.45, 2.75) is 32.2 Å². The number of hydrogen-bond donors (Lipinski definition) is 1. The van der Waals surface area contributed by atoms with Gasteiger partial charge in [0.2, 0.25) is 0 Å². The molecule has 0 saturated carbocycles. The standard InChI is InChI=1S/C14H24N4S/c1-14(2,3)11-8-12(15-4)17-13(16-11)10-9-19-7-6-18(10)5/h8,10H,6-7,9H2,1-5H3,(H,15,16,17). The average Bonchev–Trinajstić information content (AvgIpc) is 2.37. The highest BCUT2D eigenvalue weighted by molar-refractivity contribution is 7.99. The monoisotopic (exact) mass is 280 g/mol. The minimum absolute atomic E-state index is 0.0453. The molecule has 1 aliphatic heterocycles. The van der Waals surface area contributed by atoms with Crippen LogP contribution in [-0.4, -0.2) is 47.0 Å². The fourth-order valence-corrected chi connectivity index (χ4v) is 3.30. The van der Waals surface area contributed by atoms with Crippen LogP contribution in [0.25, 0.3) is 0 Å². The third-order valence-corrected chi connectivity index (χ3v) is 4.48. The van der Waals surface area contributed by atoms with Crippen LogP contribution in [-0.2, 0) is 5.41 Å². The molecule has 0 amide bonds. The van der Waals surface area contributed by atoms with Gasteiger partial charge in [-0.1, -0.05) is 20.8 Å². The van der Waals surface area contributed by atoms with E-state index in [1.165, 1.54) is 5.75 Å². The zero-order chi connectivity index (χ0) is 14.0. The molecule has 106 valence electrons. The molecule has 1 N–H and O–H groups in total. The summed E-state index contributed by atoms with van der Waals surface area (Å²) in [5, 5.41) is 3.16. The first-order valence-corrected chi connectivity index (χ1v) is 7.92. The molecule has 1 aromatic heterocycles. The van der Waals surface area contributed by atoms with Gasteiger partial charge in [-0.25, -0.2) is 9.97 Å². The predicted molar refractivity (Wildman–Crippen MR) is 83.0 cm³/mol. The van der Waals surface area contributed by atoms with Crippen molar-refractivity contribution in [3.8, 4) is 0 Å². The summed E-state index contributed by atoms with van der Waals surface area (Å²) in [7, 11) is 4.08. The number of thioether (sulfide) groups is 1. The van der Waals surface area contributed by atoms with E-state index in [0.717, 1.165) is 29.6 Å². The van der Waals surface area contributed by atoms with Crippen LogP contribution in [0.5, 0.6) is 0 Å². The summed E-state index contributed by atoms with van der Waals surface area (Å²) in [5.41, 5.74) is 1.15. The lowest BCUT2D eigenvalue weighted by molar-refractivity contribution is 0.263. The smallest absolute Gasteiger partial charge is 0.148 e. The van der Waals surface area contributed by atoms with Crippen molar-refractivity contribution >= 4 is 17.6 Å². The van der Waals surface area contributed by atoms with Crippen LogP contribution in [0.4, 0.5) is 5.82 Å². The Morgan fingerprint density at radius 1 is 1.37 bits per heavy atom. The van der Waals surface area contributed by atoms with Gasteiger partial charge in [0, 0.05) is 36.6 Å². The Balaban J connectivity index is 2.39. The first-order valence-electron chi connectivity index (χ1n) is 6.77. The summed E-state index contributed by atoms with van der Waals surface area (Å²) in [6.07, 6.45) is 0. The Labute approximate surface area is 120 Å². The molecule has 2 rings (SSSR count). The lowest BCUT2D eigenvalue weighted by Crippen LogP contribution is -2.34. The van der Waals surface area contributed by atoms with Crippen molar-refractivity contribution < 1.29 is 0 Å². The molecule has 0 aromatic carbocycles. The Morgan fingerprint density at radius 3 is 2.68 bits per heavy atom. The van der Waals surface area contributed by atoms with Crippen LogP contribution in [0.15, 0.2) is 6.07 Å². The zero-order valence-electron chi connectivity index (χ0n) is 12.5. The Kier molecular flexibility index (Phi) is 4.36. The lowest BCUT2D eigenvalue weighted by Gasteiger charge is -2.31. The summed E-state index contributed by atoms with van der Waals surface area (Å²) < 4.78 is 0. The molecular weight excluding hydrogens is 256 g/mol. The van der Waals surface area contributed by atoms with Crippen LogP contribution in [0.2, 0.25) is 0 Å². The molecule has 1 unspecified atom stereocenters. The van der Waals surface area contributed by atoms with Crippen LogP contribution < -0.4 is 5.32 Å². The second-order valence-electron chi connectivity index (χ2n) is 6.07. The maximum atomic E-state index is 4.82. The quantitative estimate of drug-likeness (QED) is 0.901. The summed E-state index contributed by atoms with van der Waals surface area (Å²) in [6, 6.07) is 2.38. The SMILES string of the molecule is CNc1cc(C(C)(C)C)nc(C2CSCCN2C)n1. The molecule has 0 bridgehead atoms. The van der Waals surface area contributed by atoms with Gasteiger partial charge in [0.25, 0.3) is 0 Å². The first kappa shape index (κ1) is 14.6. The summed E-state index contributed by atoms with van der Waals surface area (Å²) in [6.45, 7) is 7.68. The van der Waals surface area contributed by atoms with E-state index in [-0.39, 0.29) is 5.41 Å². The first-order chi connectivity index (χ1) is 8.91. The van der Waals surface area contributed by atoms with Crippen molar-refractivity contribution in [3.63, 3.8) is 0 Å². The van der Waals surface area contributed by atoms with Gasteiger partial charge in [-0.05, 0) is 7.05 Å². The molecule has 1 aromatic rings. The van der Waals surface area contributed by atoms with Crippen LogP contribution in [0, 0.1) is 0 Å². The summed E-state index contributed by atoms with van der Waals surface area (Å²) >= 11 is 1.99. The van der Waals surface area contributed by atoms with E-state index in [0.29, 0.717) is 6.04 Å². The third-order valence-electron chi connectivity index (χ3n) is 3.46. The fourth-order valence-electron chi connectivity index (χ4n) is 2.09. The number of hydrogen-bond acceptors (Lipinski definition) is 5. The molecule has 5 heteroatoms. The molecule has 19 heavy (non-hydrogen) atoms. The highest BCUT2D eigenvalue weighted by Crippen LogP contribution is 2.29. The molecule has 1 aliphatic rings. The van der Waals surface area contributed by atoms with Gasteiger partial charge in [-0.3, -0.25) is 4.90 Å². The van der Waals surface area contributed by atoms with E-state index >= 15 is 0 Å². The molecule has 1 saturated heterocycles. The highest BCUT2D eigenvalue weighted by Gasteiger charge is 2.26. The lowest BCUT2D eigenvalue weighted by atomic mass is 9.92. The fraction of sp³-hybridized carbons (Fsp3) is 0.714. The molecular formula is C14H24N4S. The van der Waals surface area contributed by atoms with E-state index < -0.39 is 0 Å². The van der Waals surface area contributed by atoms with Crippen LogP contribution >= 0.6 is 11.8 Å². The van der Waals surface area contributed by atoms with E-state index in [1.54, 1.807) is 0 Å². The minimum atomic E-state index is 0.0453. The average molecular weight is 280 g/mol. The van der Waals surface area contributed by atoms with Crippen molar-refractivity contribution in [2.75, 3.05) is 37.5 Å². The zero-order valence-corrected chi connectivity index (χ0v) is 13.3. The summed E-state index contributed by atoms with van der Waals surface area (Å²) in [5.74, 6) is 4.14. The number of rotatable bonds is 2. The third kappa shape index (κ3) is 3.39. The number of anilines is 1. The van der Waals surface area contributed by atoms with Crippen molar-refractivity contribution in [1.29, 1.82) is 0 Å². The van der Waals surface area contributed by atoms with Gasteiger partial charge in [-0.2, -0.15) is 11.8 Å². The van der Waals surface area contributed by atoms with E-state index in [4.69, 9.17) is 4.98 Å². The van der Waals surface area contributed by atoms with Crippen molar-refractivity contribution in [1.82, 2.24) is 14.9 Å². The number of aromatic nitrogens is 2. The Bertz CT molecular complexity index is 442. The molecule has 1 atom stereocenters. The van der Waals surface area contributed by atoms with Crippen LogP contribution in [0.3, 0.4) is 0 Å². The van der Waals surface area contributed by atoms with E-state index in [9.17, 15) is 0 Å². The highest BCUT2D eigenvalue weighted by atomic mass is 32.2. The van der Waals surface area contributed by atoms with Gasteiger partial charge < -0.3 is 5.32 Å². The second-order valence-corrected chi connectivity index (χ2v) is 7.22. The molecule has 0 spiro atoms. The largest absolute Gasteiger partial charge is 0.373 e. The Hall–Kier alpha value is -0.810. The van der Waals surface area contributed by atoms with Crippen molar-refractivity contribution in [2.24, 2.45) is 0 Å². The minimum Gasteiger partial charge on any atom is -0.373 e. The second kappa shape index (κ2) is 5.67. The van der Waals surface area contributed by atoms with Gasteiger partial charge in [0.05, 0.1) is 11.7 Å². The van der Waals surface area contributed by atoms with E-state index in [1.807, 2.05) is 18.8 Å². The van der Waals surface area contributed by atoms with E-state index in [2.05, 4.69) is 49.1 Å². The molecule has 0 aliphatic carbocycles. The molecule has 1 fully saturated rings. The molecule has 2 heterocycles. The topological polar surface area (TPSA) is 41.1 Å². The predicted octanol–water partition coefficient (Wildman–Crippen LogP) is 2.54. The van der Waals surface area contributed by atoms with Gasteiger partial charge in [0.15, 0.2) is 0 Å². The van der Waals surface area contributed by atoms with Crippen molar-refractivity contribution in [3.05, 3.63) is 17.6 Å². The number of nitrogens with one attached hydrogen (secondary N) is 1. The Morgan fingerprint density at radius 2 is 2.11 bits per heavy atom. The van der Waals surface area contributed by atoms with Crippen LogP contribution in [0.1, 0.15) is 38.3 Å². The molecule has 0 radical (unpaired) electrons. The molecule has 4 nitrogen and oxygen atoms in total. The normalized spacial score (nSPS) is 21.4. The van der Waals surface area contributed by atoms with Gasteiger partial charge in [-0.15, -0.1) is 0 Å². The van der Waals surface area contributed by atoms with Gasteiger partial charge in [0.1, 0.15) is 11.6 Å². The maximum absolute atomic E-state index is 4.82. The number of nitrogens with zero attached hydrogens (tertiary/aromatic N) is 3.